The van der Waals surface area contributed by atoms with Crippen LogP contribution in [0.2, 0.25) is 0 Å². The molecule has 0 spiro atoms. The Kier molecular flexibility index (Phi) is 3.09. The molecule has 18 heavy (non-hydrogen) atoms. The number of rotatable bonds is 3. The van der Waals surface area contributed by atoms with E-state index in [1.165, 1.54) is 5.56 Å². The van der Waals surface area contributed by atoms with Crippen LogP contribution in [0.15, 0.2) is 36.7 Å². The molecule has 3 aromatic rings. The summed E-state index contributed by atoms with van der Waals surface area (Å²) < 4.78 is 0.683. The quantitative estimate of drug-likeness (QED) is 0.562. The molecule has 0 saturated heterocycles. The van der Waals surface area contributed by atoms with Gasteiger partial charge in [0, 0.05) is 29.1 Å². The van der Waals surface area contributed by atoms with E-state index in [0.29, 0.717) is 9.48 Å². The van der Waals surface area contributed by atoms with Gasteiger partial charge in [-0.05, 0) is 5.56 Å². The van der Waals surface area contributed by atoms with Gasteiger partial charge in [0.25, 0.3) is 0 Å². The minimum Gasteiger partial charge on any atom is -0.364 e. The average molecular weight is 351 g/mol. The standard InChI is InChI=1S/C12H10IN5/c13-12-17-10(9-11(18-12)16-7-15-9)14-6-8-4-2-1-3-5-8/h1-5,7H,6H2,(H2,14,15,16,17,18). The maximum atomic E-state index is 4.38. The normalized spacial score (nSPS) is 10.7. The van der Waals surface area contributed by atoms with Crippen LogP contribution in [0.5, 0.6) is 0 Å². The van der Waals surface area contributed by atoms with Gasteiger partial charge in [0.15, 0.2) is 15.3 Å². The summed E-state index contributed by atoms with van der Waals surface area (Å²) >= 11 is 2.09. The number of H-pyrrole nitrogens is 1. The zero-order valence-corrected chi connectivity index (χ0v) is 11.5. The number of aromatic nitrogens is 4. The van der Waals surface area contributed by atoms with Gasteiger partial charge in [0.2, 0.25) is 0 Å². The van der Waals surface area contributed by atoms with Crippen molar-refractivity contribution in [1.29, 1.82) is 0 Å². The van der Waals surface area contributed by atoms with Crippen LogP contribution >= 0.6 is 22.6 Å². The maximum absolute atomic E-state index is 4.38. The van der Waals surface area contributed by atoms with Crippen LogP contribution < -0.4 is 5.32 Å². The van der Waals surface area contributed by atoms with Crippen LogP contribution in [0.4, 0.5) is 5.82 Å². The van der Waals surface area contributed by atoms with Crippen molar-refractivity contribution in [3.05, 3.63) is 46.1 Å². The third-order valence-corrected chi connectivity index (χ3v) is 3.04. The molecule has 0 unspecified atom stereocenters. The van der Waals surface area contributed by atoms with Crippen molar-refractivity contribution in [3.63, 3.8) is 0 Å². The lowest BCUT2D eigenvalue weighted by molar-refractivity contribution is 1.07. The number of hydrogen-bond acceptors (Lipinski definition) is 4. The molecule has 0 aliphatic heterocycles. The first kappa shape index (κ1) is 11.4. The van der Waals surface area contributed by atoms with Gasteiger partial charge in [0.1, 0.15) is 5.52 Å². The van der Waals surface area contributed by atoms with E-state index in [2.05, 4.69) is 60.0 Å². The van der Waals surface area contributed by atoms with E-state index in [9.17, 15) is 0 Å². The van der Waals surface area contributed by atoms with E-state index in [-0.39, 0.29) is 0 Å². The summed E-state index contributed by atoms with van der Waals surface area (Å²) in [7, 11) is 0. The minimum absolute atomic E-state index is 0.683. The number of benzene rings is 1. The van der Waals surface area contributed by atoms with E-state index in [1.54, 1.807) is 6.33 Å². The lowest BCUT2D eigenvalue weighted by Gasteiger charge is -2.06. The second-order valence-corrected chi connectivity index (χ2v) is 4.75. The Labute approximate surface area is 117 Å². The van der Waals surface area contributed by atoms with Crippen molar-refractivity contribution < 1.29 is 0 Å². The van der Waals surface area contributed by atoms with Gasteiger partial charge in [0.05, 0.1) is 6.33 Å². The molecule has 0 bridgehead atoms. The van der Waals surface area contributed by atoms with E-state index in [4.69, 9.17) is 0 Å². The Morgan fingerprint density at radius 1 is 1.17 bits per heavy atom. The molecule has 0 aliphatic carbocycles. The number of anilines is 1. The fourth-order valence-corrected chi connectivity index (χ4v) is 2.19. The summed E-state index contributed by atoms with van der Waals surface area (Å²) in [4.78, 5) is 15.8. The highest BCUT2D eigenvalue weighted by Crippen LogP contribution is 2.17. The van der Waals surface area contributed by atoms with E-state index < -0.39 is 0 Å². The number of imidazole rings is 1. The van der Waals surface area contributed by atoms with Crippen molar-refractivity contribution in [2.24, 2.45) is 0 Å². The monoisotopic (exact) mass is 351 g/mol. The smallest absolute Gasteiger partial charge is 0.194 e. The Hall–Kier alpha value is -1.70. The van der Waals surface area contributed by atoms with Crippen LogP contribution in [0, 0.1) is 3.83 Å². The van der Waals surface area contributed by atoms with Gasteiger partial charge in [-0.15, -0.1) is 0 Å². The van der Waals surface area contributed by atoms with Crippen molar-refractivity contribution in [3.8, 4) is 0 Å². The minimum atomic E-state index is 0.683. The number of hydrogen-bond donors (Lipinski definition) is 2. The van der Waals surface area contributed by atoms with Crippen molar-refractivity contribution in [2.45, 2.75) is 6.54 Å². The van der Waals surface area contributed by atoms with Crippen molar-refractivity contribution >= 4 is 39.6 Å². The molecule has 2 N–H and O–H groups in total. The second-order valence-electron chi connectivity index (χ2n) is 3.78. The fraction of sp³-hybridized carbons (Fsp3) is 0.0833. The molecule has 0 radical (unpaired) electrons. The average Bonchev–Trinajstić information content (AvgIpc) is 2.85. The molecule has 6 heteroatoms. The number of halogens is 1. The second kappa shape index (κ2) is 4.89. The Balaban J connectivity index is 1.88. The summed E-state index contributed by atoms with van der Waals surface area (Å²) in [6.07, 6.45) is 1.63. The SMILES string of the molecule is Ic1nc(NCc2ccccc2)c2[nH]cnc2n1. The molecule has 0 fully saturated rings. The molecule has 0 aliphatic rings. The summed E-state index contributed by atoms with van der Waals surface area (Å²) in [5, 5.41) is 3.30. The summed E-state index contributed by atoms with van der Waals surface area (Å²) in [6, 6.07) is 10.2. The predicted octanol–water partition coefficient (Wildman–Crippen LogP) is 2.57. The number of nitrogens with zero attached hydrogens (tertiary/aromatic N) is 3. The van der Waals surface area contributed by atoms with Gasteiger partial charge in [-0.25, -0.2) is 15.0 Å². The van der Waals surface area contributed by atoms with Crippen LogP contribution in [0.1, 0.15) is 5.56 Å². The molecule has 0 saturated carbocycles. The van der Waals surface area contributed by atoms with Crippen LogP contribution in [0.3, 0.4) is 0 Å². The molecule has 5 nitrogen and oxygen atoms in total. The highest BCUT2D eigenvalue weighted by atomic mass is 127. The zero-order valence-electron chi connectivity index (χ0n) is 9.39. The molecule has 0 atom stereocenters. The van der Waals surface area contributed by atoms with Gasteiger partial charge >= 0.3 is 0 Å². The van der Waals surface area contributed by atoms with Crippen molar-refractivity contribution in [2.75, 3.05) is 5.32 Å². The van der Waals surface area contributed by atoms with Gasteiger partial charge in [-0.3, -0.25) is 0 Å². The lowest BCUT2D eigenvalue weighted by atomic mass is 10.2. The third kappa shape index (κ3) is 2.28. The highest BCUT2D eigenvalue weighted by molar-refractivity contribution is 14.1. The van der Waals surface area contributed by atoms with E-state index in [1.807, 2.05) is 18.2 Å². The van der Waals surface area contributed by atoms with Gasteiger partial charge < -0.3 is 10.3 Å². The van der Waals surface area contributed by atoms with Crippen LogP contribution in [-0.4, -0.2) is 19.9 Å². The molecular weight excluding hydrogens is 341 g/mol. The zero-order chi connectivity index (χ0) is 12.4. The first-order valence-electron chi connectivity index (χ1n) is 5.47. The fourth-order valence-electron chi connectivity index (χ4n) is 1.72. The molecule has 3 rings (SSSR count). The van der Waals surface area contributed by atoms with E-state index in [0.717, 1.165) is 17.9 Å². The molecule has 2 aromatic heterocycles. The van der Waals surface area contributed by atoms with Crippen LogP contribution in [0.25, 0.3) is 11.2 Å². The number of fused-ring (bicyclic) bond motifs is 1. The molecule has 90 valence electrons. The maximum Gasteiger partial charge on any atom is 0.194 e. The Morgan fingerprint density at radius 2 is 2.00 bits per heavy atom. The highest BCUT2D eigenvalue weighted by Gasteiger charge is 2.07. The topological polar surface area (TPSA) is 66.5 Å². The summed E-state index contributed by atoms with van der Waals surface area (Å²) in [5.74, 6) is 0.783. The largest absolute Gasteiger partial charge is 0.364 e. The van der Waals surface area contributed by atoms with Gasteiger partial charge in [-0.2, -0.15) is 0 Å². The Morgan fingerprint density at radius 3 is 2.83 bits per heavy atom. The number of aromatic amines is 1. The first-order chi connectivity index (χ1) is 8.83. The summed E-state index contributed by atoms with van der Waals surface area (Å²) in [6.45, 7) is 0.724. The molecule has 1 aromatic carbocycles. The summed E-state index contributed by atoms with van der Waals surface area (Å²) in [5.41, 5.74) is 2.73. The Bertz CT molecular complexity index is 665. The first-order valence-corrected chi connectivity index (χ1v) is 6.55. The predicted molar refractivity (Wildman–Crippen MR) is 78.2 cm³/mol. The number of nitrogens with one attached hydrogen (secondary N) is 2. The lowest BCUT2D eigenvalue weighted by Crippen LogP contribution is -2.04. The molecule has 0 amide bonds. The van der Waals surface area contributed by atoms with Crippen LogP contribution in [-0.2, 0) is 6.54 Å². The van der Waals surface area contributed by atoms with Crippen molar-refractivity contribution in [1.82, 2.24) is 19.9 Å². The third-order valence-electron chi connectivity index (χ3n) is 2.56. The molecular formula is C12H10IN5. The van der Waals surface area contributed by atoms with Gasteiger partial charge in [-0.1, -0.05) is 30.3 Å². The van der Waals surface area contributed by atoms with E-state index >= 15 is 0 Å². The molecule has 2 heterocycles.